The predicted molar refractivity (Wildman–Crippen MR) is 166 cm³/mol. The van der Waals surface area contributed by atoms with Crippen LogP contribution in [0.5, 0.6) is 0 Å². The SMILES string of the molecule is CC1=C(/C=C/C2=C(Cl)C(=C/C=C3/N(C)c4ccc(C(=O)O)cc4C3(C)C)CCC2)C(C)(C)c2cc(C(=O)O)ccc21. The number of benzene rings is 2. The highest BCUT2D eigenvalue weighted by Gasteiger charge is 2.39. The zero-order chi connectivity index (χ0) is 29.9. The minimum atomic E-state index is -0.925. The van der Waals surface area contributed by atoms with E-state index < -0.39 is 11.9 Å². The van der Waals surface area contributed by atoms with Gasteiger partial charge in [0.2, 0.25) is 0 Å². The first-order valence-corrected chi connectivity index (χ1v) is 14.3. The molecular weight excluding hydrogens is 534 g/mol. The fourth-order valence-corrected chi connectivity index (χ4v) is 6.97. The smallest absolute Gasteiger partial charge is 0.335 e. The topological polar surface area (TPSA) is 77.8 Å². The molecule has 0 spiro atoms. The summed E-state index contributed by atoms with van der Waals surface area (Å²) in [6, 6.07) is 10.7. The van der Waals surface area contributed by atoms with Crippen molar-refractivity contribution in [1.82, 2.24) is 0 Å². The number of nitrogens with zero attached hydrogens (tertiary/aromatic N) is 1. The van der Waals surface area contributed by atoms with Gasteiger partial charge in [0.15, 0.2) is 0 Å². The molecular formula is C35H36ClNO4. The minimum absolute atomic E-state index is 0.292. The molecule has 2 aromatic rings. The molecule has 41 heavy (non-hydrogen) atoms. The molecule has 0 amide bonds. The van der Waals surface area contributed by atoms with E-state index >= 15 is 0 Å². The van der Waals surface area contributed by atoms with Gasteiger partial charge in [-0.05, 0) is 102 Å². The second-order valence-electron chi connectivity index (χ2n) is 12.2. The van der Waals surface area contributed by atoms with Gasteiger partial charge < -0.3 is 15.1 Å². The Morgan fingerprint density at radius 3 is 2.17 bits per heavy atom. The highest BCUT2D eigenvalue weighted by Crippen LogP contribution is 2.49. The highest BCUT2D eigenvalue weighted by molar-refractivity contribution is 6.32. The Bertz CT molecular complexity index is 1650. The Kier molecular flexibility index (Phi) is 7.15. The molecule has 0 aromatic heterocycles. The molecule has 1 aliphatic heterocycles. The van der Waals surface area contributed by atoms with E-state index in [1.165, 1.54) is 0 Å². The van der Waals surface area contributed by atoms with Gasteiger partial charge in [0.05, 0.1) is 11.1 Å². The van der Waals surface area contributed by atoms with E-state index in [0.717, 1.165) is 74.7 Å². The lowest BCUT2D eigenvalue weighted by molar-refractivity contribution is 0.0686. The summed E-state index contributed by atoms with van der Waals surface area (Å²) in [5, 5.41) is 19.8. The largest absolute Gasteiger partial charge is 0.478 e. The maximum Gasteiger partial charge on any atom is 0.335 e. The molecule has 6 heteroatoms. The van der Waals surface area contributed by atoms with Crippen LogP contribution < -0.4 is 4.90 Å². The lowest BCUT2D eigenvalue weighted by Crippen LogP contribution is -2.22. The number of allylic oxidation sites excluding steroid dienone is 10. The van der Waals surface area contributed by atoms with Gasteiger partial charge >= 0.3 is 11.9 Å². The van der Waals surface area contributed by atoms with Gasteiger partial charge in [-0.1, -0.05) is 63.6 Å². The van der Waals surface area contributed by atoms with Gasteiger partial charge in [-0.3, -0.25) is 0 Å². The maximum absolute atomic E-state index is 11.6. The Labute approximate surface area is 246 Å². The fraction of sp³-hybridized carbons (Fsp3) is 0.314. The van der Waals surface area contributed by atoms with E-state index in [2.05, 4.69) is 63.8 Å². The van der Waals surface area contributed by atoms with E-state index in [0.29, 0.717) is 11.1 Å². The number of carboxylic acids is 2. The summed E-state index contributed by atoms with van der Waals surface area (Å²) >= 11 is 6.99. The third-order valence-corrected chi connectivity index (χ3v) is 9.54. The lowest BCUT2D eigenvalue weighted by atomic mass is 9.80. The Balaban J connectivity index is 1.45. The van der Waals surface area contributed by atoms with Gasteiger partial charge in [0, 0.05) is 34.3 Å². The van der Waals surface area contributed by atoms with Crippen molar-refractivity contribution in [2.45, 2.75) is 64.7 Å². The molecule has 0 atom stereocenters. The van der Waals surface area contributed by atoms with Crippen molar-refractivity contribution in [3.05, 3.63) is 116 Å². The quantitative estimate of drug-likeness (QED) is 0.377. The number of rotatable bonds is 5. The van der Waals surface area contributed by atoms with E-state index in [1.54, 1.807) is 24.3 Å². The number of hydrogen-bond donors (Lipinski definition) is 2. The summed E-state index contributed by atoms with van der Waals surface area (Å²) in [7, 11) is 2.02. The number of carboxylic acid groups (broad SMARTS) is 2. The van der Waals surface area contributed by atoms with E-state index in [-0.39, 0.29) is 10.8 Å². The van der Waals surface area contributed by atoms with Crippen LogP contribution in [-0.2, 0) is 10.8 Å². The first-order valence-electron chi connectivity index (χ1n) is 13.9. The molecule has 2 aromatic carbocycles. The summed E-state index contributed by atoms with van der Waals surface area (Å²) in [4.78, 5) is 25.3. The van der Waals surface area contributed by atoms with Crippen LogP contribution in [0.2, 0.25) is 0 Å². The summed E-state index contributed by atoms with van der Waals surface area (Å²) in [6.45, 7) is 10.6. The van der Waals surface area contributed by atoms with Gasteiger partial charge in [-0.25, -0.2) is 9.59 Å². The van der Waals surface area contributed by atoms with Crippen LogP contribution in [0, 0.1) is 0 Å². The van der Waals surface area contributed by atoms with E-state index in [9.17, 15) is 19.8 Å². The second kappa shape index (κ2) is 10.2. The molecule has 2 N–H and O–H groups in total. The molecule has 0 bridgehead atoms. The number of likely N-dealkylation sites (N-methyl/N-ethyl adjacent to an activating group) is 1. The third-order valence-electron chi connectivity index (χ3n) is 9.05. The van der Waals surface area contributed by atoms with Crippen LogP contribution in [0.4, 0.5) is 5.69 Å². The Morgan fingerprint density at radius 1 is 0.878 bits per heavy atom. The van der Waals surface area contributed by atoms with Crippen molar-refractivity contribution in [2.75, 3.05) is 11.9 Å². The van der Waals surface area contributed by atoms with Gasteiger partial charge in [0.25, 0.3) is 0 Å². The summed E-state index contributed by atoms with van der Waals surface area (Å²) in [5.41, 5.74) is 9.64. The van der Waals surface area contributed by atoms with Crippen LogP contribution in [0.3, 0.4) is 0 Å². The minimum Gasteiger partial charge on any atom is -0.478 e. The average molecular weight is 570 g/mol. The second-order valence-corrected chi connectivity index (χ2v) is 12.6. The lowest BCUT2D eigenvalue weighted by Gasteiger charge is -2.24. The highest BCUT2D eigenvalue weighted by atomic mass is 35.5. The van der Waals surface area contributed by atoms with Crippen LogP contribution in [-0.4, -0.2) is 29.2 Å². The number of carbonyl (C=O) groups is 2. The molecule has 0 fully saturated rings. The molecule has 3 aliphatic rings. The number of hydrogen-bond acceptors (Lipinski definition) is 3. The Hall–Kier alpha value is -3.83. The van der Waals surface area contributed by atoms with Crippen LogP contribution in [0.25, 0.3) is 5.57 Å². The van der Waals surface area contributed by atoms with E-state index in [1.807, 2.05) is 19.2 Å². The van der Waals surface area contributed by atoms with Crippen molar-refractivity contribution in [1.29, 1.82) is 0 Å². The first-order chi connectivity index (χ1) is 19.2. The van der Waals surface area contributed by atoms with Gasteiger partial charge in [0.1, 0.15) is 0 Å². The monoisotopic (exact) mass is 569 g/mol. The Morgan fingerprint density at radius 2 is 1.51 bits per heavy atom. The standard InChI is InChI=1S/C35H36ClNO4/c1-20-25-14-10-23(32(38)39)18-27(25)34(2,3)26(20)15-11-21-8-7-9-22(31(21)36)13-17-30-35(4,5)28-19-24(33(40)41)12-16-29(28)37(30)6/h10-19H,7-9H2,1-6H3,(H,38,39)(H,40,41)/b15-11+,22-13?,30-17+. The van der Waals surface area contributed by atoms with Crippen LogP contribution in [0.1, 0.15) is 91.3 Å². The molecule has 0 radical (unpaired) electrons. The summed E-state index contributed by atoms with van der Waals surface area (Å²) in [5.74, 6) is -1.84. The zero-order valence-corrected chi connectivity index (χ0v) is 25.2. The van der Waals surface area contributed by atoms with E-state index in [4.69, 9.17) is 11.6 Å². The summed E-state index contributed by atoms with van der Waals surface area (Å²) in [6.07, 6.45) is 11.3. The normalized spacial score (nSPS) is 21.3. The number of fused-ring (bicyclic) bond motifs is 2. The predicted octanol–water partition coefficient (Wildman–Crippen LogP) is 8.62. The number of aromatic carboxylic acids is 2. The average Bonchev–Trinajstić information content (AvgIpc) is 3.24. The molecule has 5 rings (SSSR count). The third kappa shape index (κ3) is 4.76. The number of anilines is 1. The molecule has 0 saturated carbocycles. The van der Waals surface area contributed by atoms with Crippen molar-refractivity contribution >= 4 is 34.8 Å². The molecule has 2 aliphatic carbocycles. The zero-order valence-electron chi connectivity index (χ0n) is 24.4. The van der Waals surface area contributed by atoms with Gasteiger partial charge in [-0.15, -0.1) is 0 Å². The first kappa shape index (κ1) is 28.7. The van der Waals surface area contributed by atoms with Crippen molar-refractivity contribution < 1.29 is 19.8 Å². The molecule has 0 unspecified atom stereocenters. The summed E-state index contributed by atoms with van der Waals surface area (Å²) < 4.78 is 0. The molecule has 0 saturated heterocycles. The molecule has 5 nitrogen and oxygen atoms in total. The van der Waals surface area contributed by atoms with Crippen LogP contribution in [0.15, 0.2) is 88.2 Å². The molecule has 212 valence electrons. The number of halogens is 1. The van der Waals surface area contributed by atoms with Crippen molar-refractivity contribution in [3.63, 3.8) is 0 Å². The van der Waals surface area contributed by atoms with Crippen LogP contribution >= 0.6 is 11.6 Å². The maximum atomic E-state index is 11.6. The van der Waals surface area contributed by atoms with Crippen molar-refractivity contribution in [2.24, 2.45) is 0 Å². The molecule has 1 heterocycles. The van der Waals surface area contributed by atoms with Gasteiger partial charge in [-0.2, -0.15) is 0 Å². The van der Waals surface area contributed by atoms with Crippen molar-refractivity contribution in [3.8, 4) is 0 Å². The fourth-order valence-electron chi connectivity index (χ4n) is 6.65.